The van der Waals surface area contributed by atoms with Crippen molar-refractivity contribution in [1.82, 2.24) is 10.2 Å². The molecule has 0 amide bonds. The quantitative estimate of drug-likeness (QED) is 0.805. The highest BCUT2D eigenvalue weighted by Gasteiger charge is 2.07. The Labute approximate surface area is 114 Å². The number of rotatable bonds is 4. The van der Waals surface area contributed by atoms with Crippen LogP contribution in [-0.4, -0.2) is 30.1 Å². The zero-order chi connectivity index (χ0) is 13.1. The molecule has 0 saturated heterocycles. The first-order chi connectivity index (χ1) is 8.56. The standard InChI is InChI=1S/C12H13N3OS2/c1-8(16)9-4-6-10(7-5-9)17-12-14-13-11(18-12)15(2)3/h4-7H,1-3H3. The lowest BCUT2D eigenvalue weighted by molar-refractivity contribution is 0.101. The van der Waals surface area contributed by atoms with Crippen molar-refractivity contribution in [2.24, 2.45) is 0 Å². The molecular formula is C12H13N3OS2. The van der Waals surface area contributed by atoms with Crippen LogP contribution in [0.15, 0.2) is 33.5 Å². The van der Waals surface area contributed by atoms with Gasteiger partial charge < -0.3 is 4.90 Å². The topological polar surface area (TPSA) is 46.1 Å². The van der Waals surface area contributed by atoms with Crippen molar-refractivity contribution in [2.45, 2.75) is 16.2 Å². The van der Waals surface area contributed by atoms with Crippen LogP contribution >= 0.6 is 23.1 Å². The highest BCUT2D eigenvalue weighted by atomic mass is 32.2. The van der Waals surface area contributed by atoms with Crippen molar-refractivity contribution in [3.63, 3.8) is 0 Å². The van der Waals surface area contributed by atoms with Crippen LogP contribution in [0.2, 0.25) is 0 Å². The maximum absolute atomic E-state index is 11.2. The molecule has 1 aromatic heterocycles. The molecular weight excluding hydrogens is 266 g/mol. The van der Waals surface area contributed by atoms with Gasteiger partial charge in [0.25, 0.3) is 0 Å². The van der Waals surface area contributed by atoms with Gasteiger partial charge in [-0.2, -0.15) is 0 Å². The van der Waals surface area contributed by atoms with Crippen LogP contribution in [-0.2, 0) is 0 Å². The predicted octanol–water partition coefficient (Wildman–Crippen LogP) is 2.96. The normalized spacial score (nSPS) is 10.4. The molecule has 2 aromatic rings. The molecule has 94 valence electrons. The first-order valence-electron chi connectivity index (χ1n) is 5.36. The summed E-state index contributed by atoms with van der Waals surface area (Å²) >= 11 is 3.10. The third-order valence-corrected chi connectivity index (χ3v) is 4.39. The van der Waals surface area contributed by atoms with Gasteiger partial charge in [0.05, 0.1) is 0 Å². The highest BCUT2D eigenvalue weighted by Crippen LogP contribution is 2.32. The van der Waals surface area contributed by atoms with Crippen molar-refractivity contribution < 1.29 is 4.79 Å². The number of hydrogen-bond acceptors (Lipinski definition) is 6. The number of aromatic nitrogens is 2. The van der Waals surface area contributed by atoms with E-state index < -0.39 is 0 Å². The molecule has 2 rings (SSSR count). The van der Waals surface area contributed by atoms with Gasteiger partial charge in [-0.3, -0.25) is 4.79 Å². The minimum Gasteiger partial charge on any atom is -0.353 e. The minimum absolute atomic E-state index is 0.0809. The van der Waals surface area contributed by atoms with Gasteiger partial charge in [-0.05, 0) is 19.1 Å². The summed E-state index contributed by atoms with van der Waals surface area (Å²) < 4.78 is 0.897. The molecule has 0 aliphatic rings. The van der Waals surface area contributed by atoms with Gasteiger partial charge in [0, 0.05) is 24.6 Å². The maximum atomic E-state index is 11.2. The van der Waals surface area contributed by atoms with Crippen LogP contribution in [0.4, 0.5) is 5.13 Å². The van der Waals surface area contributed by atoms with E-state index in [0.717, 1.165) is 19.9 Å². The summed E-state index contributed by atoms with van der Waals surface area (Å²) in [6.07, 6.45) is 0. The number of ketones is 1. The van der Waals surface area contributed by atoms with E-state index in [1.807, 2.05) is 43.3 Å². The van der Waals surface area contributed by atoms with E-state index in [9.17, 15) is 4.79 Å². The SMILES string of the molecule is CC(=O)c1ccc(Sc2nnc(N(C)C)s2)cc1. The Hall–Kier alpha value is -1.40. The molecule has 0 spiro atoms. The van der Waals surface area contributed by atoms with E-state index in [1.165, 1.54) is 0 Å². The lowest BCUT2D eigenvalue weighted by Gasteiger charge is -2.03. The second kappa shape index (κ2) is 5.49. The van der Waals surface area contributed by atoms with Gasteiger partial charge in [0.2, 0.25) is 5.13 Å². The molecule has 0 atom stereocenters. The molecule has 6 heteroatoms. The summed E-state index contributed by atoms with van der Waals surface area (Å²) in [5.74, 6) is 0.0809. The molecule has 0 aliphatic carbocycles. The van der Waals surface area contributed by atoms with Crippen LogP contribution in [0.1, 0.15) is 17.3 Å². The fraction of sp³-hybridized carbons (Fsp3) is 0.250. The number of carbonyl (C=O) groups excluding carboxylic acids is 1. The predicted molar refractivity (Wildman–Crippen MR) is 74.8 cm³/mol. The Kier molecular flexibility index (Phi) is 3.98. The fourth-order valence-corrected chi connectivity index (χ4v) is 3.02. The Morgan fingerprint density at radius 2 is 1.89 bits per heavy atom. The average molecular weight is 279 g/mol. The summed E-state index contributed by atoms with van der Waals surface area (Å²) in [6.45, 7) is 1.57. The number of Topliss-reactive ketones (excluding diaryl/α,β-unsaturated/α-hetero) is 1. The molecule has 0 unspecified atom stereocenters. The van der Waals surface area contributed by atoms with Crippen LogP contribution < -0.4 is 4.90 Å². The molecule has 1 aromatic carbocycles. The van der Waals surface area contributed by atoms with Crippen molar-refractivity contribution in [1.29, 1.82) is 0 Å². The van der Waals surface area contributed by atoms with E-state index in [-0.39, 0.29) is 5.78 Å². The van der Waals surface area contributed by atoms with Crippen molar-refractivity contribution in [3.8, 4) is 0 Å². The van der Waals surface area contributed by atoms with Crippen LogP contribution in [0, 0.1) is 0 Å². The lowest BCUT2D eigenvalue weighted by atomic mass is 10.2. The van der Waals surface area contributed by atoms with Gasteiger partial charge in [0.15, 0.2) is 10.1 Å². The first kappa shape index (κ1) is 13.0. The summed E-state index contributed by atoms with van der Waals surface area (Å²) in [5.41, 5.74) is 0.727. The van der Waals surface area contributed by atoms with Gasteiger partial charge >= 0.3 is 0 Å². The van der Waals surface area contributed by atoms with Gasteiger partial charge in [-0.25, -0.2) is 0 Å². The van der Waals surface area contributed by atoms with Crippen LogP contribution in [0.5, 0.6) is 0 Å². The Balaban J connectivity index is 2.10. The fourth-order valence-electron chi connectivity index (χ4n) is 1.28. The molecule has 0 fully saturated rings. The minimum atomic E-state index is 0.0809. The van der Waals surface area contributed by atoms with Gasteiger partial charge in [0.1, 0.15) is 0 Å². The van der Waals surface area contributed by atoms with E-state index in [2.05, 4.69) is 10.2 Å². The molecule has 0 bridgehead atoms. The summed E-state index contributed by atoms with van der Waals surface area (Å²) in [7, 11) is 3.88. The van der Waals surface area contributed by atoms with Crippen LogP contribution in [0.25, 0.3) is 0 Å². The Bertz CT molecular complexity index is 549. The monoisotopic (exact) mass is 279 g/mol. The average Bonchev–Trinajstić information content (AvgIpc) is 2.78. The van der Waals surface area contributed by atoms with E-state index in [1.54, 1.807) is 30.0 Å². The third-order valence-electron chi connectivity index (χ3n) is 2.24. The van der Waals surface area contributed by atoms with E-state index >= 15 is 0 Å². The van der Waals surface area contributed by atoms with Gasteiger partial charge in [-0.1, -0.05) is 35.2 Å². The number of anilines is 1. The van der Waals surface area contributed by atoms with Crippen molar-refractivity contribution in [3.05, 3.63) is 29.8 Å². The zero-order valence-corrected chi connectivity index (χ0v) is 12.0. The molecule has 0 N–H and O–H groups in total. The first-order valence-corrected chi connectivity index (χ1v) is 6.99. The maximum Gasteiger partial charge on any atom is 0.208 e. The van der Waals surface area contributed by atoms with Gasteiger partial charge in [-0.15, -0.1) is 10.2 Å². The number of benzene rings is 1. The van der Waals surface area contributed by atoms with Crippen LogP contribution in [0.3, 0.4) is 0 Å². The smallest absolute Gasteiger partial charge is 0.208 e. The molecule has 0 radical (unpaired) electrons. The molecule has 18 heavy (non-hydrogen) atoms. The number of carbonyl (C=O) groups is 1. The third kappa shape index (κ3) is 3.08. The Morgan fingerprint density at radius 3 is 2.39 bits per heavy atom. The Morgan fingerprint density at radius 1 is 1.22 bits per heavy atom. The molecule has 0 aliphatic heterocycles. The van der Waals surface area contributed by atoms with Crippen molar-refractivity contribution in [2.75, 3.05) is 19.0 Å². The number of nitrogens with zero attached hydrogens (tertiary/aromatic N) is 3. The van der Waals surface area contributed by atoms with Crippen molar-refractivity contribution >= 4 is 34.0 Å². The lowest BCUT2D eigenvalue weighted by Crippen LogP contribution is -2.07. The largest absolute Gasteiger partial charge is 0.353 e. The zero-order valence-electron chi connectivity index (χ0n) is 10.4. The second-order valence-corrected chi connectivity index (χ2v) is 6.20. The summed E-state index contributed by atoms with van der Waals surface area (Å²) in [4.78, 5) is 14.1. The van der Waals surface area contributed by atoms with E-state index in [4.69, 9.17) is 0 Å². The molecule has 0 saturated carbocycles. The highest BCUT2D eigenvalue weighted by molar-refractivity contribution is 8.01. The second-order valence-electron chi connectivity index (χ2n) is 3.93. The molecule has 1 heterocycles. The molecule has 4 nitrogen and oxygen atoms in total. The van der Waals surface area contributed by atoms with E-state index in [0.29, 0.717) is 0 Å². The summed E-state index contributed by atoms with van der Waals surface area (Å²) in [6, 6.07) is 7.52. The number of hydrogen-bond donors (Lipinski definition) is 0. The summed E-state index contributed by atoms with van der Waals surface area (Å²) in [5, 5.41) is 9.08.